The number of ether oxygens (including phenoxy) is 1. The third-order valence-electron chi connectivity index (χ3n) is 4.56. The number of rotatable bonds is 7. The summed E-state index contributed by atoms with van der Waals surface area (Å²) in [5.41, 5.74) is 0. The van der Waals surface area contributed by atoms with Crippen LogP contribution in [0.2, 0.25) is 0 Å². The summed E-state index contributed by atoms with van der Waals surface area (Å²) >= 11 is 0. The maximum Gasteiger partial charge on any atom is 0.191 e. The number of nitrogens with one attached hydrogen (secondary N) is 2. The van der Waals surface area contributed by atoms with Gasteiger partial charge in [-0.2, -0.15) is 0 Å². The van der Waals surface area contributed by atoms with Crippen LogP contribution in [0.4, 0.5) is 0 Å². The molecule has 5 heteroatoms. The van der Waals surface area contributed by atoms with Gasteiger partial charge in [0.15, 0.2) is 5.96 Å². The highest BCUT2D eigenvalue weighted by Crippen LogP contribution is 2.20. The first-order valence-corrected chi connectivity index (χ1v) is 8.68. The molecule has 22 heavy (non-hydrogen) atoms. The summed E-state index contributed by atoms with van der Waals surface area (Å²) < 4.78 is 5.16. The van der Waals surface area contributed by atoms with E-state index in [-0.39, 0.29) is 6.04 Å². The van der Waals surface area contributed by atoms with E-state index in [0.29, 0.717) is 18.6 Å². The van der Waals surface area contributed by atoms with Gasteiger partial charge in [0.25, 0.3) is 0 Å². The SMILES string of the molecule is CN=C(NCC(C(C)C)N1CCC(C)CC1)NC(C)COC. The molecule has 1 heterocycles. The van der Waals surface area contributed by atoms with Gasteiger partial charge in [-0.1, -0.05) is 20.8 Å². The minimum absolute atomic E-state index is 0.254. The van der Waals surface area contributed by atoms with Crippen molar-refractivity contribution in [3.63, 3.8) is 0 Å². The first-order valence-electron chi connectivity index (χ1n) is 8.68. The molecular weight excluding hydrogens is 276 g/mol. The minimum atomic E-state index is 0.254. The average Bonchev–Trinajstić information content (AvgIpc) is 2.48. The van der Waals surface area contributed by atoms with E-state index in [1.807, 2.05) is 7.05 Å². The van der Waals surface area contributed by atoms with Gasteiger partial charge in [0.1, 0.15) is 0 Å². The Morgan fingerprint density at radius 3 is 2.41 bits per heavy atom. The van der Waals surface area contributed by atoms with Gasteiger partial charge in [-0.05, 0) is 44.7 Å². The normalized spacial score (nSPS) is 21.0. The third kappa shape index (κ3) is 6.53. The van der Waals surface area contributed by atoms with E-state index in [4.69, 9.17) is 4.74 Å². The Labute approximate surface area is 136 Å². The number of aliphatic imine (C=N–C) groups is 1. The second-order valence-corrected chi connectivity index (χ2v) is 6.98. The van der Waals surface area contributed by atoms with Crippen LogP contribution in [-0.2, 0) is 4.74 Å². The van der Waals surface area contributed by atoms with Crippen molar-refractivity contribution < 1.29 is 4.74 Å². The number of methoxy groups -OCH3 is 1. The molecule has 130 valence electrons. The zero-order valence-corrected chi connectivity index (χ0v) is 15.4. The lowest BCUT2D eigenvalue weighted by Gasteiger charge is -2.39. The van der Waals surface area contributed by atoms with Crippen LogP contribution >= 0.6 is 0 Å². The summed E-state index contributed by atoms with van der Waals surface area (Å²) in [6.07, 6.45) is 2.64. The van der Waals surface area contributed by atoms with Crippen molar-refractivity contribution in [1.82, 2.24) is 15.5 Å². The van der Waals surface area contributed by atoms with E-state index in [1.54, 1.807) is 7.11 Å². The standard InChI is InChI=1S/C17H36N4O/c1-13(2)16(21-9-7-14(3)8-10-21)11-19-17(18-5)20-15(4)12-22-6/h13-16H,7-12H2,1-6H3,(H2,18,19,20). The Hall–Kier alpha value is -0.810. The van der Waals surface area contributed by atoms with E-state index in [1.165, 1.54) is 25.9 Å². The van der Waals surface area contributed by atoms with Crippen LogP contribution in [0.3, 0.4) is 0 Å². The molecule has 2 N–H and O–H groups in total. The molecule has 2 unspecified atom stereocenters. The number of nitrogens with zero attached hydrogens (tertiary/aromatic N) is 2. The summed E-state index contributed by atoms with van der Waals surface area (Å²) in [7, 11) is 3.54. The highest BCUT2D eigenvalue weighted by molar-refractivity contribution is 5.79. The molecule has 1 rings (SSSR count). The summed E-state index contributed by atoms with van der Waals surface area (Å²) in [6, 6.07) is 0.813. The van der Waals surface area contributed by atoms with Crippen molar-refractivity contribution in [2.24, 2.45) is 16.8 Å². The first-order chi connectivity index (χ1) is 10.5. The molecule has 0 radical (unpaired) electrons. The fourth-order valence-electron chi connectivity index (χ4n) is 3.07. The van der Waals surface area contributed by atoms with Crippen LogP contribution in [0, 0.1) is 11.8 Å². The molecule has 0 aliphatic carbocycles. The topological polar surface area (TPSA) is 48.9 Å². The molecule has 1 fully saturated rings. The van der Waals surface area contributed by atoms with Crippen molar-refractivity contribution in [2.45, 2.75) is 52.6 Å². The number of piperidine rings is 1. The van der Waals surface area contributed by atoms with Crippen molar-refractivity contribution in [3.8, 4) is 0 Å². The zero-order valence-electron chi connectivity index (χ0n) is 15.4. The highest BCUT2D eigenvalue weighted by atomic mass is 16.5. The highest BCUT2D eigenvalue weighted by Gasteiger charge is 2.25. The van der Waals surface area contributed by atoms with Crippen LogP contribution in [0.5, 0.6) is 0 Å². The molecule has 0 aromatic heterocycles. The molecule has 0 bridgehead atoms. The largest absolute Gasteiger partial charge is 0.383 e. The molecule has 0 aromatic carbocycles. The summed E-state index contributed by atoms with van der Waals surface area (Å²) in [5.74, 6) is 2.37. The molecule has 0 spiro atoms. The number of likely N-dealkylation sites (tertiary alicyclic amines) is 1. The van der Waals surface area contributed by atoms with Gasteiger partial charge in [0, 0.05) is 32.8 Å². The van der Waals surface area contributed by atoms with Gasteiger partial charge >= 0.3 is 0 Å². The number of guanidine groups is 1. The molecule has 1 aliphatic rings. The fourth-order valence-corrected chi connectivity index (χ4v) is 3.07. The predicted molar refractivity (Wildman–Crippen MR) is 94.4 cm³/mol. The minimum Gasteiger partial charge on any atom is -0.383 e. The van der Waals surface area contributed by atoms with E-state index < -0.39 is 0 Å². The van der Waals surface area contributed by atoms with Crippen molar-refractivity contribution in [2.75, 3.05) is 40.4 Å². The monoisotopic (exact) mass is 312 g/mol. The summed E-state index contributed by atoms with van der Waals surface area (Å²) in [5, 5.41) is 6.86. The van der Waals surface area contributed by atoms with Gasteiger partial charge in [-0.15, -0.1) is 0 Å². The second kappa shape index (κ2) is 10.1. The first kappa shape index (κ1) is 19.2. The van der Waals surface area contributed by atoms with Crippen LogP contribution in [-0.4, -0.2) is 63.3 Å². The van der Waals surface area contributed by atoms with Crippen molar-refractivity contribution in [3.05, 3.63) is 0 Å². The Bertz CT molecular complexity index is 325. The molecule has 0 amide bonds. The second-order valence-electron chi connectivity index (χ2n) is 6.98. The molecule has 1 saturated heterocycles. The van der Waals surface area contributed by atoms with Gasteiger partial charge < -0.3 is 15.4 Å². The molecular formula is C17H36N4O. The quantitative estimate of drug-likeness (QED) is 0.557. The van der Waals surface area contributed by atoms with Crippen LogP contribution in [0.1, 0.15) is 40.5 Å². The fraction of sp³-hybridized carbons (Fsp3) is 0.941. The van der Waals surface area contributed by atoms with Crippen molar-refractivity contribution >= 4 is 5.96 Å². The number of hydrogen-bond acceptors (Lipinski definition) is 3. The Morgan fingerprint density at radius 1 is 1.27 bits per heavy atom. The lowest BCUT2D eigenvalue weighted by molar-refractivity contribution is 0.110. The van der Waals surface area contributed by atoms with Gasteiger partial charge in [0.05, 0.1) is 6.61 Å². The molecule has 0 saturated carbocycles. The molecule has 2 atom stereocenters. The van der Waals surface area contributed by atoms with E-state index in [9.17, 15) is 0 Å². The van der Waals surface area contributed by atoms with E-state index in [0.717, 1.165) is 18.4 Å². The Balaban J connectivity index is 2.49. The Morgan fingerprint density at radius 2 is 1.91 bits per heavy atom. The lowest BCUT2D eigenvalue weighted by atomic mass is 9.94. The van der Waals surface area contributed by atoms with Gasteiger partial charge in [0.2, 0.25) is 0 Å². The summed E-state index contributed by atoms with van der Waals surface area (Å²) in [4.78, 5) is 6.96. The number of hydrogen-bond donors (Lipinski definition) is 2. The smallest absolute Gasteiger partial charge is 0.191 e. The Kier molecular flexibility index (Phi) is 8.79. The maximum atomic E-state index is 5.16. The van der Waals surface area contributed by atoms with Crippen LogP contribution < -0.4 is 10.6 Å². The van der Waals surface area contributed by atoms with Crippen LogP contribution in [0.15, 0.2) is 4.99 Å². The third-order valence-corrected chi connectivity index (χ3v) is 4.56. The lowest BCUT2D eigenvalue weighted by Crippen LogP contribution is -2.52. The predicted octanol–water partition coefficient (Wildman–Crippen LogP) is 1.94. The van der Waals surface area contributed by atoms with Gasteiger partial charge in [-0.25, -0.2) is 0 Å². The summed E-state index contributed by atoms with van der Waals surface area (Å²) in [6.45, 7) is 13.1. The van der Waals surface area contributed by atoms with Gasteiger partial charge in [-0.3, -0.25) is 9.89 Å². The molecule has 1 aliphatic heterocycles. The average molecular weight is 313 g/mol. The molecule has 0 aromatic rings. The van der Waals surface area contributed by atoms with Crippen molar-refractivity contribution in [1.29, 1.82) is 0 Å². The molecule has 5 nitrogen and oxygen atoms in total. The maximum absolute atomic E-state index is 5.16. The van der Waals surface area contributed by atoms with E-state index in [2.05, 4.69) is 48.2 Å². The zero-order chi connectivity index (χ0) is 16.5. The van der Waals surface area contributed by atoms with Crippen LogP contribution in [0.25, 0.3) is 0 Å². The van der Waals surface area contributed by atoms with E-state index >= 15 is 0 Å².